The molecule has 3 N–H and O–H groups in total. The molecular formula is C11H17N3O5. The number of rotatable bonds is 3. The lowest BCUT2D eigenvalue weighted by Crippen LogP contribution is -2.54. The van der Waals surface area contributed by atoms with Crippen LogP contribution in [-0.4, -0.2) is 53.5 Å². The van der Waals surface area contributed by atoms with Gasteiger partial charge in [0.15, 0.2) is 0 Å². The van der Waals surface area contributed by atoms with Crippen molar-refractivity contribution in [2.45, 2.75) is 20.3 Å². The molecule has 1 heterocycles. The molecule has 0 aromatic rings. The molecule has 0 radical (unpaired) electrons. The predicted molar refractivity (Wildman–Crippen MR) is 64.2 cm³/mol. The number of carbonyl (C=O) groups is 4. The van der Waals surface area contributed by atoms with Crippen molar-refractivity contribution >= 4 is 23.8 Å². The Labute approximate surface area is 110 Å². The monoisotopic (exact) mass is 271 g/mol. The van der Waals surface area contributed by atoms with E-state index in [0.717, 1.165) is 0 Å². The van der Waals surface area contributed by atoms with Crippen molar-refractivity contribution in [2.24, 2.45) is 5.41 Å². The smallest absolute Gasteiger partial charge is 0.324 e. The zero-order valence-electron chi connectivity index (χ0n) is 10.9. The van der Waals surface area contributed by atoms with Gasteiger partial charge < -0.3 is 15.3 Å². The molecule has 0 unspecified atom stereocenters. The van der Waals surface area contributed by atoms with Crippen LogP contribution in [0.5, 0.6) is 0 Å². The standard InChI is InChI=1S/C11H17N3O5/c1-11(2,9(17)18)5-7(15)13-10(19)14-4-3-12-8(16)6-14/h3-6H2,1-2H3,(H,12,16)(H,17,18)(H,13,15,19). The molecule has 4 amide bonds. The number of piperazine rings is 1. The number of aliphatic carboxylic acids is 1. The summed E-state index contributed by atoms with van der Waals surface area (Å²) >= 11 is 0. The lowest BCUT2D eigenvalue weighted by atomic mass is 9.89. The van der Waals surface area contributed by atoms with Gasteiger partial charge in [0.2, 0.25) is 11.8 Å². The van der Waals surface area contributed by atoms with E-state index in [1.807, 2.05) is 0 Å². The normalized spacial score (nSPS) is 15.7. The van der Waals surface area contributed by atoms with Gasteiger partial charge in [-0.3, -0.25) is 19.7 Å². The van der Waals surface area contributed by atoms with Gasteiger partial charge >= 0.3 is 12.0 Å². The van der Waals surface area contributed by atoms with Crippen LogP contribution >= 0.6 is 0 Å². The Morgan fingerprint density at radius 2 is 2.05 bits per heavy atom. The van der Waals surface area contributed by atoms with Crippen molar-refractivity contribution in [1.29, 1.82) is 0 Å². The summed E-state index contributed by atoms with van der Waals surface area (Å²) in [6.07, 6.45) is -0.311. The third kappa shape index (κ3) is 4.23. The number of amides is 4. The highest BCUT2D eigenvalue weighted by molar-refractivity contribution is 5.97. The molecule has 1 rings (SSSR count). The maximum absolute atomic E-state index is 11.7. The van der Waals surface area contributed by atoms with E-state index in [9.17, 15) is 19.2 Å². The molecule has 0 aromatic carbocycles. The first-order chi connectivity index (χ1) is 8.72. The van der Waals surface area contributed by atoms with E-state index in [0.29, 0.717) is 13.1 Å². The summed E-state index contributed by atoms with van der Waals surface area (Å²) in [6, 6.07) is -0.680. The van der Waals surface area contributed by atoms with Crippen molar-refractivity contribution in [3.05, 3.63) is 0 Å². The molecule has 1 aliphatic rings. The summed E-state index contributed by atoms with van der Waals surface area (Å²) in [5, 5.41) is 13.5. The number of imide groups is 1. The van der Waals surface area contributed by atoms with Crippen LogP contribution in [0.4, 0.5) is 4.79 Å². The topological polar surface area (TPSA) is 116 Å². The molecule has 0 saturated carbocycles. The molecule has 106 valence electrons. The van der Waals surface area contributed by atoms with Crippen molar-refractivity contribution in [3.63, 3.8) is 0 Å². The Kier molecular flexibility index (Phi) is 4.47. The molecular weight excluding hydrogens is 254 g/mol. The quantitative estimate of drug-likeness (QED) is 0.618. The Balaban J connectivity index is 2.50. The van der Waals surface area contributed by atoms with Crippen LogP contribution in [-0.2, 0) is 14.4 Å². The number of urea groups is 1. The van der Waals surface area contributed by atoms with Gasteiger partial charge in [-0.05, 0) is 13.8 Å². The van der Waals surface area contributed by atoms with Gasteiger partial charge in [-0.2, -0.15) is 0 Å². The first kappa shape index (κ1) is 14.9. The molecule has 8 nitrogen and oxygen atoms in total. The zero-order chi connectivity index (χ0) is 14.6. The molecule has 0 atom stereocenters. The van der Waals surface area contributed by atoms with E-state index < -0.39 is 23.3 Å². The number of hydrogen-bond donors (Lipinski definition) is 3. The molecule has 1 aliphatic heterocycles. The Hall–Kier alpha value is -2.12. The van der Waals surface area contributed by atoms with Crippen LogP contribution in [0.15, 0.2) is 0 Å². The average Bonchev–Trinajstić information content (AvgIpc) is 2.27. The molecule has 0 aliphatic carbocycles. The molecule has 19 heavy (non-hydrogen) atoms. The maximum Gasteiger partial charge on any atom is 0.324 e. The first-order valence-electron chi connectivity index (χ1n) is 5.81. The lowest BCUT2D eigenvalue weighted by molar-refractivity contribution is -0.149. The minimum Gasteiger partial charge on any atom is -0.481 e. The van der Waals surface area contributed by atoms with Crippen LogP contribution in [0.3, 0.4) is 0 Å². The first-order valence-corrected chi connectivity index (χ1v) is 5.81. The summed E-state index contributed by atoms with van der Waals surface area (Å²) in [4.78, 5) is 46.4. The van der Waals surface area contributed by atoms with E-state index in [4.69, 9.17) is 5.11 Å². The minimum absolute atomic E-state index is 0.110. The highest BCUT2D eigenvalue weighted by Crippen LogP contribution is 2.19. The lowest BCUT2D eigenvalue weighted by Gasteiger charge is -2.27. The Morgan fingerprint density at radius 1 is 1.42 bits per heavy atom. The van der Waals surface area contributed by atoms with Crippen molar-refractivity contribution < 1.29 is 24.3 Å². The largest absolute Gasteiger partial charge is 0.481 e. The van der Waals surface area contributed by atoms with Gasteiger partial charge in [-0.1, -0.05) is 0 Å². The fourth-order valence-corrected chi connectivity index (χ4v) is 1.53. The molecule has 0 bridgehead atoms. The van der Waals surface area contributed by atoms with Gasteiger partial charge in [0.1, 0.15) is 6.54 Å². The fourth-order valence-electron chi connectivity index (χ4n) is 1.53. The highest BCUT2D eigenvalue weighted by Gasteiger charge is 2.31. The number of hydrogen-bond acceptors (Lipinski definition) is 4. The van der Waals surface area contributed by atoms with E-state index in [-0.39, 0.29) is 18.9 Å². The average molecular weight is 271 g/mol. The molecule has 1 saturated heterocycles. The second kappa shape index (κ2) is 5.68. The third-order valence-electron chi connectivity index (χ3n) is 2.75. The second-order valence-electron chi connectivity index (χ2n) is 4.99. The van der Waals surface area contributed by atoms with Crippen molar-refractivity contribution in [3.8, 4) is 0 Å². The summed E-state index contributed by atoms with van der Waals surface area (Å²) in [5.41, 5.74) is -1.25. The van der Waals surface area contributed by atoms with Crippen LogP contribution in [0, 0.1) is 5.41 Å². The zero-order valence-corrected chi connectivity index (χ0v) is 10.9. The van der Waals surface area contributed by atoms with Crippen molar-refractivity contribution in [1.82, 2.24) is 15.5 Å². The van der Waals surface area contributed by atoms with Gasteiger partial charge in [-0.15, -0.1) is 0 Å². The Morgan fingerprint density at radius 3 is 2.58 bits per heavy atom. The maximum atomic E-state index is 11.7. The van der Waals surface area contributed by atoms with E-state index in [1.165, 1.54) is 18.7 Å². The number of carboxylic acid groups (broad SMARTS) is 1. The summed E-state index contributed by atoms with van der Waals surface area (Å²) in [5.74, 6) is -2.09. The fraction of sp³-hybridized carbons (Fsp3) is 0.636. The summed E-state index contributed by atoms with van der Waals surface area (Å²) in [6.45, 7) is 3.33. The van der Waals surface area contributed by atoms with Gasteiger partial charge in [-0.25, -0.2) is 4.79 Å². The number of nitrogens with zero attached hydrogens (tertiary/aromatic N) is 1. The molecule has 1 fully saturated rings. The van der Waals surface area contributed by atoms with Crippen LogP contribution < -0.4 is 10.6 Å². The van der Waals surface area contributed by atoms with E-state index >= 15 is 0 Å². The van der Waals surface area contributed by atoms with Gasteiger partial charge in [0.05, 0.1) is 5.41 Å². The SMILES string of the molecule is CC(C)(CC(=O)NC(=O)N1CCNC(=O)C1)C(=O)O. The van der Waals surface area contributed by atoms with Gasteiger partial charge in [0, 0.05) is 19.5 Å². The summed E-state index contributed by atoms with van der Waals surface area (Å²) in [7, 11) is 0. The molecule has 0 aromatic heterocycles. The van der Waals surface area contributed by atoms with E-state index in [2.05, 4.69) is 10.6 Å². The van der Waals surface area contributed by atoms with Gasteiger partial charge in [0.25, 0.3) is 0 Å². The predicted octanol–water partition coefficient (Wildman–Crippen LogP) is -0.845. The van der Waals surface area contributed by atoms with E-state index in [1.54, 1.807) is 0 Å². The van der Waals surface area contributed by atoms with Crippen LogP contribution in [0.2, 0.25) is 0 Å². The minimum atomic E-state index is -1.25. The van der Waals surface area contributed by atoms with Crippen molar-refractivity contribution in [2.75, 3.05) is 19.6 Å². The molecule has 8 heteroatoms. The Bertz CT molecular complexity index is 419. The van der Waals surface area contributed by atoms with Crippen LogP contribution in [0.1, 0.15) is 20.3 Å². The number of carbonyl (C=O) groups excluding carboxylic acids is 3. The highest BCUT2D eigenvalue weighted by atomic mass is 16.4. The van der Waals surface area contributed by atoms with Crippen LogP contribution in [0.25, 0.3) is 0 Å². The molecule has 0 spiro atoms. The number of carboxylic acids is 1. The third-order valence-corrected chi connectivity index (χ3v) is 2.75. The summed E-state index contributed by atoms with van der Waals surface area (Å²) < 4.78 is 0. The number of nitrogens with one attached hydrogen (secondary N) is 2. The second-order valence-corrected chi connectivity index (χ2v) is 4.99.